The second-order valence-electron chi connectivity index (χ2n) is 3.28. The maximum Gasteiger partial charge on any atom is 0.331 e. The Kier molecular flexibility index (Phi) is 2.51. The van der Waals surface area contributed by atoms with E-state index < -0.39 is 0 Å². The first-order chi connectivity index (χ1) is 7.18. The molecule has 4 heteroatoms. The number of aryl methyl sites for hydroxylation is 1. The molecule has 0 aliphatic heterocycles. The molecular formula is C11H10N2OS. The second-order valence-corrected chi connectivity index (χ2v) is 3.69. The first-order valence-electron chi connectivity index (χ1n) is 4.56. The summed E-state index contributed by atoms with van der Waals surface area (Å²) in [6.07, 6.45) is 1.75. The van der Waals surface area contributed by atoms with E-state index >= 15 is 0 Å². The number of aromatic amines is 1. The fourth-order valence-corrected chi connectivity index (χ4v) is 1.49. The lowest BCUT2D eigenvalue weighted by molar-refractivity contribution is 0.893. The fourth-order valence-electron chi connectivity index (χ4n) is 1.35. The molecule has 0 atom stereocenters. The van der Waals surface area contributed by atoms with E-state index in [2.05, 4.69) is 4.98 Å². The van der Waals surface area contributed by atoms with Gasteiger partial charge in [0, 0.05) is 11.8 Å². The van der Waals surface area contributed by atoms with Crippen molar-refractivity contribution in [3.8, 4) is 5.69 Å². The smallest absolute Gasteiger partial charge is 0.298 e. The highest BCUT2D eigenvalue weighted by molar-refractivity contribution is 7.71. The lowest BCUT2D eigenvalue weighted by Crippen LogP contribution is -2.21. The Hall–Kier alpha value is -1.68. The standard InChI is InChI=1S/C11H10N2OS/c1-8-7-13(11(14)12-10(8)15)9-5-3-2-4-6-9/h2-7H,1H3,(H,12,14,15). The Morgan fingerprint density at radius 2 is 1.93 bits per heavy atom. The highest BCUT2D eigenvalue weighted by atomic mass is 32.1. The van der Waals surface area contributed by atoms with Crippen LogP contribution in [0.15, 0.2) is 41.3 Å². The van der Waals surface area contributed by atoms with Gasteiger partial charge in [-0.25, -0.2) is 4.79 Å². The maximum atomic E-state index is 11.6. The molecule has 1 heterocycles. The van der Waals surface area contributed by atoms with E-state index in [9.17, 15) is 4.79 Å². The van der Waals surface area contributed by atoms with E-state index in [0.717, 1.165) is 11.3 Å². The number of hydrogen-bond acceptors (Lipinski definition) is 2. The topological polar surface area (TPSA) is 37.8 Å². The maximum absolute atomic E-state index is 11.6. The van der Waals surface area contributed by atoms with Gasteiger partial charge < -0.3 is 0 Å². The van der Waals surface area contributed by atoms with Gasteiger partial charge in [-0.3, -0.25) is 9.55 Å². The third-order valence-corrected chi connectivity index (χ3v) is 2.58. The minimum atomic E-state index is -0.211. The minimum Gasteiger partial charge on any atom is -0.298 e. The van der Waals surface area contributed by atoms with Crippen LogP contribution in [0, 0.1) is 11.6 Å². The quantitative estimate of drug-likeness (QED) is 0.745. The molecule has 2 rings (SSSR count). The lowest BCUT2D eigenvalue weighted by Gasteiger charge is -2.05. The molecule has 76 valence electrons. The SMILES string of the molecule is Cc1cn(-c2ccccc2)c(=O)[nH]c1=S. The lowest BCUT2D eigenvalue weighted by atomic mass is 10.3. The van der Waals surface area contributed by atoms with Crippen LogP contribution in [0.4, 0.5) is 0 Å². The molecule has 2 aromatic rings. The van der Waals surface area contributed by atoms with Crippen LogP contribution >= 0.6 is 12.2 Å². The van der Waals surface area contributed by atoms with Crippen molar-refractivity contribution in [3.05, 3.63) is 57.2 Å². The molecule has 0 aliphatic carbocycles. The number of nitrogens with zero attached hydrogens (tertiary/aromatic N) is 1. The van der Waals surface area contributed by atoms with Crippen molar-refractivity contribution in [1.29, 1.82) is 0 Å². The van der Waals surface area contributed by atoms with Crippen LogP contribution < -0.4 is 5.69 Å². The van der Waals surface area contributed by atoms with Crippen LogP contribution in [-0.4, -0.2) is 9.55 Å². The number of hydrogen-bond donors (Lipinski definition) is 1. The summed E-state index contributed by atoms with van der Waals surface area (Å²) in [5, 5.41) is 0. The Morgan fingerprint density at radius 3 is 2.60 bits per heavy atom. The molecule has 0 amide bonds. The monoisotopic (exact) mass is 218 g/mol. The van der Waals surface area contributed by atoms with Crippen LogP contribution in [0.25, 0.3) is 5.69 Å². The molecule has 0 aliphatic rings. The van der Waals surface area contributed by atoms with Crippen LogP contribution in [0.3, 0.4) is 0 Å². The van der Waals surface area contributed by atoms with Crippen molar-refractivity contribution in [3.63, 3.8) is 0 Å². The highest BCUT2D eigenvalue weighted by Gasteiger charge is 1.99. The molecule has 0 unspecified atom stereocenters. The van der Waals surface area contributed by atoms with Crippen LogP contribution in [-0.2, 0) is 0 Å². The van der Waals surface area contributed by atoms with Gasteiger partial charge in [-0.2, -0.15) is 0 Å². The molecule has 1 aromatic heterocycles. The predicted octanol–water partition coefficient (Wildman–Crippen LogP) is 2.20. The van der Waals surface area contributed by atoms with Crippen molar-refractivity contribution >= 4 is 12.2 Å². The van der Waals surface area contributed by atoms with E-state index in [4.69, 9.17) is 12.2 Å². The molecule has 0 fully saturated rings. The Morgan fingerprint density at radius 1 is 1.27 bits per heavy atom. The molecular weight excluding hydrogens is 208 g/mol. The van der Waals surface area contributed by atoms with Gasteiger partial charge in [-0.15, -0.1) is 0 Å². The summed E-state index contributed by atoms with van der Waals surface area (Å²) in [6, 6.07) is 9.43. The fraction of sp³-hybridized carbons (Fsp3) is 0.0909. The van der Waals surface area contributed by atoms with Crippen molar-refractivity contribution in [1.82, 2.24) is 9.55 Å². The number of benzene rings is 1. The molecule has 0 saturated carbocycles. The summed E-state index contributed by atoms with van der Waals surface area (Å²) < 4.78 is 2.04. The van der Waals surface area contributed by atoms with Crippen LogP contribution in [0.5, 0.6) is 0 Å². The first kappa shape index (κ1) is 9.86. The van der Waals surface area contributed by atoms with Crippen LogP contribution in [0.2, 0.25) is 0 Å². The zero-order chi connectivity index (χ0) is 10.8. The molecule has 0 saturated heterocycles. The zero-order valence-electron chi connectivity index (χ0n) is 8.23. The van der Waals surface area contributed by atoms with Crippen molar-refractivity contribution in [2.24, 2.45) is 0 Å². The van der Waals surface area contributed by atoms with E-state index in [1.54, 1.807) is 10.8 Å². The molecule has 15 heavy (non-hydrogen) atoms. The number of rotatable bonds is 1. The van der Waals surface area contributed by atoms with Crippen molar-refractivity contribution in [2.45, 2.75) is 6.92 Å². The van der Waals surface area contributed by atoms with Crippen LogP contribution in [0.1, 0.15) is 5.56 Å². The first-order valence-corrected chi connectivity index (χ1v) is 4.97. The molecule has 1 aromatic carbocycles. The number of H-pyrrole nitrogens is 1. The Balaban J connectivity index is 2.70. The average molecular weight is 218 g/mol. The zero-order valence-corrected chi connectivity index (χ0v) is 9.04. The normalized spacial score (nSPS) is 10.2. The summed E-state index contributed by atoms with van der Waals surface area (Å²) in [5.74, 6) is 0. The summed E-state index contributed by atoms with van der Waals surface area (Å²) in [7, 11) is 0. The third kappa shape index (κ3) is 1.89. The van der Waals surface area contributed by atoms with Gasteiger partial charge in [-0.1, -0.05) is 30.4 Å². The number of para-hydroxylation sites is 1. The van der Waals surface area contributed by atoms with Crippen molar-refractivity contribution < 1.29 is 0 Å². The van der Waals surface area contributed by atoms with Gasteiger partial charge in [0.1, 0.15) is 4.64 Å². The molecule has 1 N–H and O–H groups in total. The predicted molar refractivity (Wildman–Crippen MR) is 62.0 cm³/mol. The van der Waals surface area contributed by atoms with Gasteiger partial charge in [-0.05, 0) is 19.1 Å². The van der Waals surface area contributed by atoms with Gasteiger partial charge in [0.15, 0.2) is 0 Å². The average Bonchev–Trinajstić information content (AvgIpc) is 2.25. The summed E-state index contributed by atoms with van der Waals surface area (Å²) in [4.78, 5) is 14.3. The Labute approximate surface area is 92.0 Å². The molecule has 0 spiro atoms. The van der Waals surface area contributed by atoms with E-state index in [1.807, 2.05) is 37.3 Å². The van der Waals surface area contributed by atoms with Gasteiger partial charge >= 0.3 is 5.69 Å². The highest BCUT2D eigenvalue weighted by Crippen LogP contribution is 2.04. The molecule has 3 nitrogen and oxygen atoms in total. The third-order valence-electron chi connectivity index (χ3n) is 2.15. The molecule has 0 radical (unpaired) electrons. The van der Waals surface area contributed by atoms with Crippen molar-refractivity contribution in [2.75, 3.05) is 0 Å². The number of nitrogens with one attached hydrogen (secondary N) is 1. The minimum absolute atomic E-state index is 0.211. The molecule has 0 bridgehead atoms. The van der Waals surface area contributed by atoms with Gasteiger partial charge in [0.25, 0.3) is 0 Å². The van der Waals surface area contributed by atoms with E-state index in [-0.39, 0.29) is 5.69 Å². The van der Waals surface area contributed by atoms with E-state index in [1.165, 1.54) is 0 Å². The summed E-state index contributed by atoms with van der Waals surface area (Å²) in [5.41, 5.74) is 1.50. The second kappa shape index (κ2) is 3.82. The number of aromatic nitrogens is 2. The van der Waals surface area contributed by atoms with E-state index in [0.29, 0.717) is 4.64 Å². The Bertz CT molecular complexity index is 584. The summed E-state index contributed by atoms with van der Waals surface area (Å²) in [6.45, 7) is 1.87. The summed E-state index contributed by atoms with van der Waals surface area (Å²) >= 11 is 4.98. The largest absolute Gasteiger partial charge is 0.331 e. The van der Waals surface area contributed by atoms with Gasteiger partial charge in [0.2, 0.25) is 0 Å². The van der Waals surface area contributed by atoms with Gasteiger partial charge in [0.05, 0.1) is 5.69 Å².